The number of hydrogen-bond donors (Lipinski definition) is 0. The van der Waals surface area contributed by atoms with Gasteiger partial charge in [-0.05, 0) is 128 Å². The lowest BCUT2D eigenvalue weighted by atomic mass is 10.1. The van der Waals surface area contributed by atoms with E-state index in [0.29, 0.717) is 19.3 Å². The second-order valence-electron chi connectivity index (χ2n) is 20.6. The van der Waals surface area contributed by atoms with Crippen LogP contribution in [0, 0.1) is 0 Å². The molecular formula is C70H116O6. The number of carbonyl (C=O) groups is 3. The monoisotopic (exact) mass is 1050 g/mol. The molecule has 0 saturated heterocycles. The Morgan fingerprint density at radius 3 is 0.842 bits per heavy atom. The Balaban J connectivity index is 4.41. The zero-order valence-electron chi connectivity index (χ0n) is 49.5. The fraction of sp³-hybridized carbons (Fsp3) is 0.671. The number of unbranched alkanes of at least 4 members (excludes halogenated alkanes) is 25. The molecule has 0 aliphatic heterocycles. The summed E-state index contributed by atoms with van der Waals surface area (Å²) in [5.41, 5.74) is 0. The minimum atomic E-state index is -0.797. The molecular weight excluding hydrogens is 937 g/mol. The highest BCUT2D eigenvalue weighted by molar-refractivity contribution is 5.71. The van der Waals surface area contributed by atoms with E-state index in [2.05, 4.69) is 142 Å². The first-order valence-corrected chi connectivity index (χ1v) is 31.5. The van der Waals surface area contributed by atoms with Crippen LogP contribution in [-0.2, 0) is 28.6 Å². The molecule has 6 heteroatoms. The second kappa shape index (κ2) is 63.3. The Hall–Kier alpha value is -4.19. The summed E-state index contributed by atoms with van der Waals surface area (Å²) in [6, 6.07) is 0. The minimum Gasteiger partial charge on any atom is -0.462 e. The number of esters is 3. The highest BCUT2D eigenvalue weighted by atomic mass is 16.6. The lowest BCUT2D eigenvalue weighted by molar-refractivity contribution is -0.167. The van der Waals surface area contributed by atoms with Gasteiger partial charge in [0.2, 0.25) is 0 Å². The number of carbonyl (C=O) groups excluding carboxylic acids is 3. The van der Waals surface area contributed by atoms with Gasteiger partial charge in [-0.25, -0.2) is 0 Å². The molecule has 0 aromatic rings. The Morgan fingerprint density at radius 1 is 0.276 bits per heavy atom. The van der Waals surface area contributed by atoms with Crippen LogP contribution in [0.3, 0.4) is 0 Å². The van der Waals surface area contributed by atoms with E-state index in [1.165, 1.54) is 103 Å². The Morgan fingerprint density at radius 2 is 0.526 bits per heavy atom. The van der Waals surface area contributed by atoms with Crippen LogP contribution in [0.25, 0.3) is 0 Å². The van der Waals surface area contributed by atoms with Crippen molar-refractivity contribution in [2.45, 2.75) is 290 Å². The number of rotatable bonds is 56. The van der Waals surface area contributed by atoms with Crippen LogP contribution in [0.4, 0.5) is 0 Å². The van der Waals surface area contributed by atoms with Crippen molar-refractivity contribution in [3.05, 3.63) is 122 Å². The number of ether oxygens (including phenoxy) is 3. The molecule has 0 rings (SSSR count). The zero-order chi connectivity index (χ0) is 55.0. The zero-order valence-corrected chi connectivity index (χ0v) is 49.5. The molecule has 0 N–H and O–H groups in total. The fourth-order valence-corrected chi connectivity index (χ4v) is 8.43. The van der Waals surface area contributed by atoms with E-state index in [1.807, 2.05) is 0 Å². The maximum absolute atomic E-state index is 12.9. The topological polar surface area (TPSA) is 78.9 Å². The highest BCUT2D eigenvalue weighted by Gasteiger charge is 2.19. The van der Waals surface area contributed by atoms with Crippen molar-refractivity contribution in [1.29, 1.82) is 0 Å². The first kappa shape index (κ1) is 71.8. The second-order valence-corrected chi connectivity index (χ2v) is 20.6. The summed E-state index contributed by atoms with van der Waals surface area (Å²) >= 11 is 0. The quantitative estimate of drug-likeness (QED) is 0.0261. The summed E-state index contributed by atoms with van der Waals surface area (Å²) in [6.07, 6.45) is 87.6. The maximum Gasteiger partial charge on any atom is 0.306 e. The standard InChI is InChI=1S/C70H116O6/c1-4-7-10-13-16-19-22-25-28-30-32-33-34-35-36-37-39-40-42-45-48-51-54-57-60-63-69(72)75-66-67(65-74-68(71)62-59-56-53-50-47-44-27-24-21-18-15-12-9-6-3)76-70(73)64-61-58-55-52-49-46-43-41-38-31-29-26-23-20-17-14-11-8-5-2/h7,10,15-20,24-29,32-33,35-36,39-40,67H,4-6,8-9,11-14,21-23,30-31,34,37-38,41-66H2,1-3H3/b10-7-,18-15-,19-16-,20-17-,27-24-,28-25-,29-26-,33-32-,36-35-,40-39-. The van der Waals surface area contributed by atoms with Gasteiger partial charge in [-0.15, -0.1) is 0 Å². The first-order chi connectivity index (χ1) is 37.5. The van der Waals surface area contributed by atoms with E-state index in [1.54, 1.807) is 0 Å². The van der Waals surface area contributed by atoms with Crippen LogP contribution >= 0.6 is 0 Å². The maximum atomic E-state index is 12.9. The molecule has 0 bridgehead atoms. The summed E-state index contributed by atoms with van der Waals surface area (Å²) in [5, 5.41) is 0. The SMILES string of the molecule is CC/C=C\C/C=C\C/C=C\C/C=C\C/C=C\C/C=C\CCCCCCCCC(=O)OCC(COC(=O)CCCCCCC/C=C\C/C=C\CCCC)OC(=O)CCCCCCCCCCC/C=C\C/C=C\CCCCC. The van der Waals surface area contributed by atoms with Crippen molar-refractivity contribution in [3.63, 3.8) is 0 Å². The lowest BCUT2D eigenvalue weighted by Gasteiger charge is -2.18. The summed E-state index contributed by atoms with van der Waals surface area (Å²) in [5.74, 6) is -0.922. The van der Waals surface area contributed by atoms with Gasteiger partial charge in [0.15, 0.2) is 6.10 Å². The molecule has 76 heavy (non-hydrogen) atoms. The Kier molecular flexibility index (Phi) is 59.9. The van der Waals surface area contributed by atoms with Crippen LogP contribution in [0.2, 0.25) is 0 Å². The van der Waals surface area contributed by atoms with Crippen molar-refractivity contribution in [3.8, 4) is 0 Å². The average molecular weight is 1050 g/mol. The van der Waals surface area contributed by atoms with Crippen LogP contribution in [0.5, 0.6) is 0 Å². The van der Waals surface area contributed by atoms with Crippen molar-refractivity contribution in [2.75, 3.05) is 13.2 Å². The lowest BCUT2D eigenvalue weighted by Crippen LogP contribution is -2.30. The van der Waals surface area contributed by atoms with Crippen molar-refractivity contribution >= 4 is 17.9 Å². The van der Waals surface area contributed by atoms with E-state index >= 15 is 0 Å². The molecule has 0 aromatic heterocycles. The average Bonchev–Trinajstić information content (AvgIpc) is 3.42. The summed E-state index contributed by atoms with van der Waals surface area (Å²) < 4.78 is 16.9. The minimum absolute atomic E-state index is 0.0939. The largest absolute Gasteiger partial charge is 0.462 e. The van der Waals surface area contributed by atoms with Gasteiger partial charge >= 0.3 is 17.9 Å². The van der Waals surface area contributed by atoms with E-state index in [4.69, 9.17) is 14.2 Å². The Labute approximate surface area is 469 Å². The van der Waals surface area contributed by atoms with Crippen LogP contribution < -0.4 is 0 Å². The van der Waals surface area contributed by atoms with Gasteiger partial charge in [0.05, 0.1) is 0 Å². The normalized spacial score (nSPS) is 12.9. The van der Waals surface area contributed by atoms with Gasteiger partial charge in [0.1, 0.15) is 13.2 Å². The van der Waals surface area contributed by atoms with E-state index in [9.17, 15) is 14.4 Å². The molecule has 0 spiro atoms. The molecule has 6 nitrogen and oxygen atoms in total. The third-order valence-electron chi connectivity index (χ3n) is 13.2. The van der Waals surface area contributed by atoms with E-state index in [0.717, 1.165) is 141 Å². The van der Waals surface area contributed by atoms with Gasteiger partial charge in [0, 0.05) is 19.3 Å². The molecule has 0 radical (unpaired) electrons. The third-order valence-corrected chi connectivity index (χ3v) is 13.2. The van der Waals surface area contributed by atoms with Gasteiger partial charge < -0.3 is 14.2 Å². The summed E-state index contributed by atoms with van der Waals surface area (Å²) in [6.45, 7) is 6.44. The summed E-state index contributed by atoms with van der Waals surface area (Å²) in [7, 11) is 0. The van der Waals surface area contributed by atoms with E-state index < -0.39 is 6.10 Å². The molecule has 0 amide bonds. The summed E-state index contributed by atoms with van der Waals surface area (Å²) in [4.78, 5) is 38.3. The molecule has 0 saturated carbocycles. The van der Waals surface area contributed by atoms with Crippen LogP contribution in [-0.4, -0.2) is 37.2 Å². The fourth-order valence-electron chi connectivity index (χ4n) is 8.43. The van der Waals surface area contributed by atoms with Gasteiger partial charge in [-0.3, -0.25) is 14.4 Å². The first-order valence-electron chi connectivity index (χ1n) is 31.5. The molecule has 1 atom stereocenters. The highest BCUT2D eigenvalue weighted by Crippen LogP contribution is 2.15. The van der Waals surface area contributed by atoms with Crippen molar-refractivity contribution < 1.29 is 28.6 Å². The van der Waals surface area contributed by atoms with Crippen LogP contribution in [0.1, 0.15) is 284 Å². The van der Waals surface area contributed by atoms with Crippen LogP contribution in [0.15, 0.2) is 122 Å². The van der Waals surface area contributed by atoms with Gasteiger partial charge in [-0.2, -0.15) is 0 Å². The number of allylic oxidation sites excluding steroid dienone is 20. The molecule has 432 valence electrons. The number of hydrogen-bond acceptors (Lipinski definition) is 6. The molecule has 1 unspecified atom stereocenters. The smallest absolute Gasteiger partial charge is 0.306 e. The molecule has 0 heterocycles. The molecule has 0 aliphatic carbocycles. The van der Waals surface area contributed by atoms with Crippen molar-refractivity contribution in [2.24, 2.45) is 0 Å². The predicted octanol–water partition coefficient (Wildman–Crippen LogP) is 21.6. The third kappa shape index (κ3) is 60.7. The molecule has 0 aliphatic rings. The van der Waals surface area contributed by atoms with Gasteiger partial charge in [0.25, 0.3) is 0 Å². The Bertz CT molecular complexity index is 1590. The van der Waals surface area contributed by atoms with Gasteiger partial charge in [-0.1, -0.05) is 258 Å². The molecule has 0 fully saturated rings. The van der Waals surface area contributed by atoms with Crippen molar-refractivity contribution in [1.82, 2.24) is 0 Å². The predicted molar refractivity (Wildman–Crippen MR) is 330 cm³/mol. The van der Waals surface area contributed by atoms with E-state index in [-0.39, 0.29) is 31.1 Å². The molecule has 0 aromatic carbocycles.